The molecule has 1 rings (SSSR count). The molecule has 0 aliphatic heterocycles. The van der Waals surface area contributed by atoms with Crippen LogP contribution in [-0.2, 0) is 0 Å². The first-order chi connectivity index (χ1) is 7.61. The van der Waals surface area contributed by atoms with Gasteiger partial charge in [0.2, 0.25) is 0 Å². The number of thioether (sulfide) groups is 1. The van der Waals surface area contributed by atoms with Crippen molar-refractivity contribution in [3.05, 3.63) is 30.1 Å². The van der Waals surface area contributed by atoms with E-state index in [1.807, 2.05) is 20.0 Å². The van der Waals surface area contributed by atoms with Crippen LogP contribution in [0.4, 0.5) is 4.39 Å². The van der Waals surface area contributed by atoms with E-state index in [4.69, 9.17) is 0 Å². The molecule has 90 valence electrons. The Labute approximate surface area is 100 Å². The summed E-state index contributed by atoms with van der Waals surface area (Å²) in [6.07, 6.45) is 0.791. The zero-order chi connectivity index (χ0) is 12.0. The Morgan fingerprint density at radius 2 is 2.12 bits per heavy atom. The van der Waals surface area contributed by atoms with Crippen LogP contribution in [0.1, 0.15) is 13.3 Å². The van der Waals surface area contributed by atoms with E-state index >= 15 is 0 Å². The van der Waals surface area contributed by atoms with Crippen LogP contribution < -0.4 is 5.32 Å². The van der Waals surface area contributed by atoms with E-state index in [1.54, 1.807) is 12.1 Å². The van der Waals surface area contributed by atoms with Gasteiger partial charge >= 0.3 is 0 Å². The zero-order valence-corrected chi connectivity index (χ0v) is 10.5. The standard InChI is InChI=1S/C12H18FNOS/c1-12(9-15,14-2)7-8-16-11-6-4-3-5-10(11)13/h3-6,14-15H,7-9H2,1-2H3. The molecule has 1 unspecified atom stereocenters. The Morgan fingerprint density at radius 1 is 1.44 bits per heavy atom. The summed E-state index contributed by atoms with van der Waals surface area (Å²) in [6, 6.07) is 6.75. The van der Waals surface area contributed by atoms with Gasteiger partial charge in [-0.05, 0) is 38.3 Å². The van der Waals surface area contributed by atoms with Crippen molar-refractivity contribution >= 4 is 11.8 Å². The van der Waals surface area contributed by atoms with Crippen LogP contribution >= 0.6 is 11.8 Å². The van der Waals surface area contributed by atoms with Crippen molar-refractivity contribution < 1.29 is 9.50 Å². The summed E-state index contributed by atoms with van der Waals surface area (Å²) in [4.78, 5) is 0.666. The Kier molecular flexibility index (Phi) is 5.25. The van der Waals surface area contributed by atoms with Crippen molar-refractivity contribution in [2.24, 2.45) is 0 Å². The molecule has 16 heavy (non-hydrogen) atoms. The van der Waals surface area contributed by atoms with E-state index in [0.717, 1.165) is 12.2 Å². The third-order valence-corrected chi connectivity index (χ3v) is 3.75. The summed E-state index contributed by atoms with van der Waals surface area (Å²) in [7, 11) is 1.82. The lowest BCUT2D eigenvalue weighted by Crippen LogP contribution is -2.43. The lowest BCUT2D eigenvalue weighted by molar-refractivity contribution is 0.179. The Bertz CT molecular complexity index is 329. The minimum Gasteiger partial charge on any atom is -0.394 e. The highest BCUT2D eigenvalue weighted by Crippen LogP contribution is 2.24. The molecule has 0 saturated heterocycles. The zero-order valence-electron chi connectivity index (χ0n) is 9.66. The normalized spacial score (nSPS) is 14.8. The van der Waals surface area contributed by atoms with Crippen molar-refractivity contribution in [2.75, 3.05) is 19.4 Å². The van der Waals surface area contributed by atoms with Gasteiger partial charge in [-0.25, -0.2) is 4.39 Å². The smallest absolute Gasteiger partial charge is 0.136 e. The van der Waals surface area contributed by atoms with Crippen molar-refractivity contribution in [3.8, 4) is 0 Å². The first-order valence-electron chi connectivity index (χ1n) is 5.28. The Balaban J connectivity index is 2.44. The fourth-order valence-corrected chi connectivity index (χ4v) is 2.38. The molecular formula is C12H18FNOS. The number of rotatable bonds is 6. The summed E-state index contributed by atoms with van der Waals surface area (Å²) < 4.78 is 13.3. The second-order valence-corrected chi connectivity index (χ2v) is 5.13. The van der Waals surface area contributed by atoms with E-state index < -0.39 is 0 Å². The summed E-state index contributed by atoms with van der Waals surface area (Å²) >= 11 is 1.48. The molecule has 1 aromatic carbocycles. The van der Waals surface area contributed by atoms with Gasteiger partial charge in [0.1, 0.15) is 5.82 Å². The Hall–Kier alpha value is -0.580. The van der Waals surface area contributed by atoms with Gasteiger partial charge < -0.3 is 10.4 Å². The highest BCUT2D eigenvalue weighted by Gasteiger charge is 2.20. The van der Waals surface area contributed by atoms with Crippen LogP contribution in [0.3, 0.4) is 0 Å². The number of benzene rings is 1. The van der Waals surface area contributed by atoms with Crippen molar-refractivity contribution in [3.63, 3.8) is 0 Å². The van der Waals surface area contributed by atoms with Crippen LogP contribution in [0, 0.1) is 5.82 Å². The second kappa shape index (κ2) is 6.23. The lowest BCUT2D eigenvalue weighted by atomic mass is 10.0. The van der Waals surface area contributed by atoms with Crippen LogP contribution in [0.2, 0.25) is 0 Å². The highest BCUT2D eigenvalue weighted by atomic mass is 32.2. The fourth-order valence-electron chi connectivity index (χ4n) is 1.23. The number of hydrogen-bond donors (Lipinski definition) is 2. The number of nitrogens with one attached hydrogen (secondary N) is 1. The molecule has 0 fully saturated rings. The van der Waals surface area contributed by atoms with Gasteiger partial charge in [0, 0.05) is 10.4 Å². The molecule has 0 amide bonds. The molecule has 2 N–H and O–H groups in total. The number of hydrogen-bond acceptors (Lipinski definition) is 3. The lowest BCUT2D eigenvalue weighted by Gasteiger charge is -2.26. The molecule has 0 heterocycles. The molecule has 0 spiro atoms. The first-order valence-corrected chi connectivity index (χ1v) is 6.27. The maximum absolute atomic E-state index is 13.3. The van der Waals surface area contributed by atoms with Crippen LogP contribution in [-0.4, -0.2) is 30.1 Å². The summed E-state index contributed by atoms with van der Waals surface area (Å²) in [6.45, 7) is 2.04. The molecule has 0 aliphatic carbocycles. The summed E-state index contributed by atoms with van der Waals surface area (Å²) in [5.74, 6) is 0.599. The molecule has 0 bridgehead atoms. The molecule has 2 nitrogen and oxygen atoms in total. The topological polar surface area (TPSA) is 32.3 Å². The number of likely N-dealkylation sites (N-methyl/N-ethyl adjacent to an activating group) is 1. The van der Waals surface area contributed by atoms with E-state index in [9.17, 15) is 9.50 Å². The average molecular weight is 243 g/mol. The number of aliphatic hydroxyl groups excluding tert-OH is 1. The van der Waals surface area contributed by atoms with Crippen LogP contribution in [0.15, 0.2) is 29.2 Å². The minimum atomic E-state index is -0.280. The Morgan fingerprint density at radius 3 is 2.69 bits per heavy atom. The van der Waals surface area contributed by atoms with Crippen molar-refractivity contribution in [2.45, 2.75) is 23.8 Å². The van der Waals surface area contributed by atoms with Crippen LogP contribution in [0.25, 0.3) is 0 Å². The molecule has 1 atom stereocenters. The maximum atomic E-state index is 13.3. The monoisotopic (exact) mass is 243 g/mol. The summed E-state index contributed by atoms with van der Waals surface area (Å²) in [5.41, 5.74) is -0.280. The van der Waals surface area contributed by atoms with Gasteiger partial charge in [-0.2, -0.15) is 0 Å². The molecule has 4 heteroatoms. The van der Waals surface area contributed by atoms with Crippen LogP contribution in [0.5, 0.6) is 0 Å². The molecule has 1 aromatic rings. The van der Waals surface area contributed by atoms with E-state index in [0.29, 0.717) is 4.90 Å². The first kappa shape index (κ1) is 13.5. The largest absolute Gasteiger partial charge is 0.394 e. The molecule has 0 radical (unpaired) electrons. The van der Waals surface area contributed by atoms with Crippen molar-refractivity contribution in [1.29, 1.82) is 0 Å². The predicted molar refractivity (Wildman–Crippen MR) is 66.3 cm³/mol. The quantitative estimate of drug-likeness (QED) is 0.752. The minimum absolute atomic E-state index is 0.0847. The predicted octanol–water partition coefficient (Wildman–Crippen LogP) is 2.28. The van der Waals surface area contributed by atoms with Gasteiger partial charge in [-0.3, -0.25) is 0 Å². The van der Waals surface area contributed by atoms with Gasteiger partial charge in [0.25, 0.3) is 0 Å². The van der Waals surface area contributed by atoms with Gasteiger partial charge in [0.15, 0.2) is 0 Å². The second-order valence-electron chi connectivity index (χ2n) is 4.00. The van der Waals surface area contributed by atoms with E-state index in [-0.39, 0.29) is 18.0 Å². The van der Waals surface area contributed by atoms with Gasteiger partial charge in [0.05, 0.1) is 6.61 Å². The summed E-state index contributed by atoms with van der Waals surface area (Å²) in [5, 5.41) is 12.3. The number of aliphatic hydroxyl groups is 1. The third kappa shape index (κ3) is 3.77. The van der Waals surface area contributed by atoms with Gasteiger partial charge in [-0.1, -0.05) is 12.1 Å². The molecule has 0 aromatic heterocycles. The van der Waals surface area contributed by atoms with E-state index in [2.05, 4.69) is 5.32 Å². The van der Waals surface area contributed by atoms with Crippen molar-refractivity contribution in [1.82, 2.24) is 5.32 Å². The SMILES string of the molecule is CNC(C)(CO)CCSc1ccccc1F. The maximum Gasteiger partial charge on any atom is 0.136 e. The van der Waals surface area contributed by atoms with E-state index in [1.165, 1.54) is 17.8 Å². The third-order valence-electron chi connectivity index (χ3n) is 2.70. The molecule has 0 saturated carbocycles. The number of halogens is 1. The fraction of sp³-hybridized carbons (Fsp3) is 0.500. The molecular weight excluding hydrogens is 225 g/mol. The molecule has 0 aliphatic rings. The highest BCUT2D eigenvalue weighted by molar-refractivity contribution is 7.99. The average Bonchev–Trinajstić information content (AvgIpc) is 2.31. The van der Waals surface area contributed by atoms with Gasteiger partial charge in [-0.15, -0.1) is 11.8 Å².